The van der Waals surface area contributed by atoms with Gasteiger partial charge in [-0.05, 0) is 42.0 Å². The topological polar surface area (TPSA) is 43.1 Å². The van der Waals surface area contributed by atoms with E-state index in [0.29, 0.717) is 21.5 Å². The fourth-order valence-electron chi connectivity index (χ4n) is 1.51. The zero-order chi connectivity index (χ0) is 13.1. The molecule has 0 aliphatic carbocycles. The van der Waals surface area contributed by atoms with Gasteiger partial charge in [0.05, 0.1) is 16.6 Å². The Bertz CT molecular complexity index is 584. The number of halogens is 2. The molecule has 2 nitrogen and oxygen atoms in total. The van der Waals surface area contributed by atoms with Crippen LogP contribution >= 0.6 is 23.2 Å². The lowest BCUT2D eigenvalue weighted by Gasteiger charge is -2.06. The summed E-state index contributed by atoms with van der Waals surface area (Å²) < 4.78 is 12.1. The van der Waals surface area contributed by atoms with Gasteiger partial charge in [0.15, 0.2) is 0 Å². The summed E-state index contributed by atoms with van der Waals surface area (Å²) in [5.41, 5.74) is 7.22. The van der Waals surface area contributed by atoms with Crippen LogP contribution in [0.1, 0.15) is 5.56 Å². The quantitative estimate of drug-likeness (QED) is 0.874. The van der Waals surface area contributed by atoms with Crippen molar-refractivity contribution in [3.63, 3.8) is 0 Å². The maximum Gasteiger partial charge on any atom is 0.0574 e. The van der Waals surface area contributed by atoms with E-state index in [0.717, 1.165) is 10.5 Å². The highest BCUT2D eigenvalue weighted by Gasteiger charge is 2.08. The second-order valence-electron chi connectivity index (χ2n) is 3.79. The molecule has 2 N–H and O–H groups in total. The van der Waals surface area contributed by atoms with Crippen LogP contribution in [0.3, 0.4) is 0 Å². The highest BCUT2D eigenvalue weighted by Crippen LogP contribution is 2.22. The third-order valence-electron chi connectivity index (χ3n) is 2.47. The third-order valence-corrected chi connectivity index (χ3v) is 4.33. The van der Waals surface area contributed by atoms with Gasteiger partial charge in [-0.25, -0.2) is 0 Å². The van der Waals surface area contributed by atoms with Crippen LogP contribution in [-0.2, 0) is 16.6 Å². The Morgan fingerprint density at radius 2 is 1.61 bits per heavy atom. The molecule has 0 aromatic heterocycles. The zero-order valence-electron chi connectivity index (χ0n) is 9.40. The molecule has 5 heteroatoms. The Hall–Kier alpha value is -1.03. The first-order chi connectivity index (χ1) is 8.56. The summed E-state index contributed by atoms with van der Waals surface area (Å²) in [5, 5.41) is 1.20. The summed E-state index contributed by atoms with van der Waals surface area (Å²) in [7, 11) is -1.14. The number of benzene rings is 2. The molecule has 0 aliphatic heterocycles. The van der Waals surface area contributed by atoms with Gasteiger partial charge in [-0.2, -0.15) is 0 Å². The molecule has 0 spiro atoms. The fourth-order valence-corrected chi connectivity index (χ4v) is 2.97. The lowest BCUT2D eigenvalue weighted by atomic mass is 10.2. The molecule has 0 saturated carbocycles. The van der Waals surface area contributed by atoms with Gasteiger partial charge in [0.1, 0.15) is 0 Å². The average Bonchev–Trinajstić information content (AvgIpc) is 2.33. The van der Waals surface area contributed by atoms with Gasteiger partial charge < -0.3 is 5.73 Å². The van der Waals surface area contributed by atoms with E-state index in [1.807, 2.05) is 0 Å². The van der Waals surface area contributed by atoms with Crippen LogP contribution < -0.4 is 5.73 Å². The summed E-state index contributed by atoms with van der Waals surface area (Å²) in [4.78, 5) is 0.730. The van der Waals surface area contributed by atoms with Crippen LogP contribution in [0.15, 0.2) is 47.4 Å². The normalized spacial score (nSPS) is 12.3. The molecule has 94 valence electrons. The fraction of sp³-hybridized carbons (Fsp3) is 0.0769. The van der Waals surface area contributed by atoms with Gasteiger partial charge in [0.25, 0.3) is 0 Å². The molecule has 1 atom stereocenters. The molecule has 0 aliphatic rings. The van der Waals surface area contributed by atoms with E-state index in [-0.39, 0.29) is 0 Å². The third kappa shape index (κ3) is 3.25. The Labute approximate surface area is 118 Å². The highest BCUT2D eigenvalue weighted by molar-refractivity contribution is 7.84. The van der Waals surface area contributed by atoms with Crippen molar-refractivity contribution in [3.05, 3.63) is 58.1 Å². The summed E-state index contributed by atoms with van der Waals surface area (Å²) in [6, 6.07) is 12.2. The molecule has 2 aromatic rings. The molecule has 18 heavy (non-hydrogen) atoms. The van der Waals surface area contributed by atoms with Gasteiger partial charge in [0, 0.05) is 20.6 Å². The average molecular weight is 300 g/mol. The van der Waals surface area contributed by atoms with Crippen molar-refractivity contribution in [1.29, 1.82) is 0 Å². The number of nitrogen functional groups attached to an aromatic ring is 1. The summed E-state index contributed by atoms with van der Waals surface area (Å²) >= 11 is 11.6. The predicted octanol–water partition coefficient (Wildman–Crippen LogP) is 3.88. The van der Waals surface area contributed by atoms with Gasteiger partial charge >= 0.3 is 0 Å². The molecule has 0 radical (unpaired) electrons. The van der Waals surface area contributed by atoms with E-state index in [1.165, 1.54) is 0 Å². The molecule has 0 bridgehead atoms. The molecular weight excluding hydrogens is 289 g/mol. The van der Waals surface area contributed by atoms with Crippen LogP contribution in [-0.4, -0.2) is 4.21 Å². The number of hydrogen-bond acceptors (Lipinski definition) is 2. The Kier molecular flexibility index (Phi) is 4.27. The first-order valence-electron chi connectivity index (χ1n) is 5.24. The van der Waals surface area contributed by atoms with E-state index in [2.05, 4.69) is 0 Å². The van der Waals surface area contributed by atoms with E-state index in [9.17, 15) is 4.21 Å². The van der Waals surface area contributed by atoms with E-state index < -0.39 is 10.8 Å². The van der Waals surface area contributed by atoms with E-state index in [1.54, 1.807) is 42.5 Å². The van der Waals surface area contributed by atoms with Crippen molar-refractivity contribution < 1.29 is 4.21 Å². The lowest BCUT2D eigenvalue weighted by Crippen LogP contribution is -2.00. The Morgan fingerprint density at radius 1 is 1.00 bits per heavy atom. The molecule has 0 saturated heterocycles. The van der Waals surface area contributed by atoms with E-state index >= 15 is 0 Å². The summed E-state index contributed by atoms with van der Waals surface area (Å²) in [6.45, 7) is 0. The van der Waals surface area contributed by atoms with Gasteiger partial charge in [-0.3, -0.25) is 4.21 Å². The maximum atomic E-state index is 12.1. The lowest BCUT2D eigenvalue weighted by molar-refractivity contribution is 0.682. The van der Waals surface area contributed by atoms with Crippen molar-refractivity contribution in [2.45, 2.75) is 10.6 Å². The largest absolute Gasteiger partial charge is 0.398 e. The smallest absolute Gasteiger partial charge is 0.0574 e. The van der Waals surface area contributed by atoms with Crippen LogP contribution in [0.2, 0.25) is 10.0 Å². The molecule has 0 fully saturated rings. The maximum absolute atomic E-state index is 12.1. The summed E-state index contributed by atoms with van der Waals surface area (Å²) in [6.07, 6.45) is 0. The van der Waals surface area contributed by atoms with Crippen LogP contribution in [0.5, 0.6) is 0 Å². The Morgan fingerprint density at radius 3 is 2.22 bits per heavy atom. The predicted molar refractivity (Wildman–Crippen MR) is 77.4 cm³/mol. The van der Waals surface area contributed by atoms with Crippen LogP contribution in [0.4, 0.5) is 5.69 Å². The highest BCUT2D eigenvalue weighted by atomic mass is 35.5. The zero-order valence-corrected chi connectivity index (χ0v) is 11.7. The van der Waals surface area contributed by atoms with Crippen molar-refractivity contribution in [2.75, 3.05) is 5.73 Å². The van der Waals surface area contributed by atoms with Crippen molar-refractivity contribution in [2.24, 2.45) is 0 Å². The molecule has 0 amide bonds. The number of rotatable bonds is 3. The van der Waals surface area contributed by atoms with Crippen LogP contribution in [0, 0.1) is 0 Å². The second kappa shape index (κ2) is 5.74. The number of anilines is 1. The molecular formula is C13H11Cl2NOS. The molecule has 2 aromatic carbocycles. The second-order valence-corrected chi connectivity index (χ2v) is 6.11. The monoisotopic (exact) mass is 299 g/mol. The molecule has 1 unspecified atom stereocenters. The van der Waals surface area contributed by atoms with Gasteiger partial charge in [0.2, 0.25) is 0 Å². The minimum absolute atomic E-state index is 0.366. The van der Waals surface area contributed by atoms with Crippen molar-refractivity contribution in [1.82, 2.24) is 0 Å². The van der Waals surface area contributed by atoms with Gasteiger partial charge in [-0.1, -0.05) is 29.3 Å². The molecule has 2 rings (SSSR count). The van der Waals surface area contributed by atoms with Crippen molar-refractivity contribution in [3.8, 4) is 0 Å². The number of nitrogens with two attached hydrogens (primary N) is 1. The first kappa shape index (κ1) is 13.4. The SMILES string of the molecule is Nc1cc(Cl)ccc1CS(=O)c1ccc(Cl)cc1. The summed E-state index contributed by atoms with van der Waals surface area (Å²) in [5.74, 6) is 0.366. The standard InChI is InChI=1S/C13H11Cl2NOS/c14-10-3-5-12(6-4-10)18(17)8-9-1-2-11(15)7-13(9)16/h1-7H,8,16H2. The number of hydrogen-bond donors (Lipinski definition) is 1. The first-order valence-corrected chi connectivity index (χ1v) is 7.31. The van der Waals surface area contributed by atoms with Gasteiger partial charge in [-0.15, -0.1) is 0 Å². The van der Waals surface area contributed by atoms with Crippen LogP contribution in [0.25, 0.3) is 0 Å². The molecule has 0 heterocycles. The van der Waals surface area contributed by atoms with E-state index in [4.69, 9.17) is 28.9 Å². The minimum atomic E-state index is -1.14. The Balaban J connectivity index is 2.18. The minimum Gasteiger partial charge on any atom is -0.398 e. The van der Waals surface area contributed by atoms with Crippen molar-refractivity contribution >= 4 is 39.7 Å².